The van der Waals surface area contributed by atoms with Crippen LogP contribution in [0.5, 0.6) is 0 Å². The second kappa shape index (κ2) is 5.30. The fourth-order valence-corrected chi connectivity index (χ4v) is 2.69. The van der Waals surface area contributed by atoms with Gasteiger partial charge < -0.3 is 10.6 Å². The lowest BCUT2D eigenvalue weighted by molar-refractivity contribution is 0.534. The highest BCUT2D eigenvalue weighted by atomic mass is 15.3. The Morgan fingerprint density at radius 1 is 1.32 bits per heavy atom. The fraction of sp³-hybridized carbons (Fsp3) is 0.429. The average molecular weight is 257 g/mol. The monoisotopic (exact) mass is 257 g/mol. The van der Waals surface area contributed by atoms with Crippen molar-refractivity contribution in [1.82, 2.24) is 15.4 Å². The smallest absolute Gasteiger partial charge is 0.0722 e. The van der Waals surface area contributed by atoms with Crippen molar-refractivity contribution in [2.45, 2.75) is 19.3 Å². The van der Waals surface area contributed by atoms with Gasteiger partial charge in [-0.15, -0.1) is 5.10 Å². The highest BCUT2D eigenvalue weighted by molar-refractivity contribution is 5.53. The number of hydrogen-bond donors (Lipinski definition) is 2. The third kappa shape index (κ3) is 2.86. The van der Waals surface area contributed by atoms with Crippen LogP contribution >= 0.6 is 0 Å². The van der Waals surface area contributed by atoms with Gasteiger partial charge in [0, 0.05) is 24.5 Å². The molecular weight excluding hydrogens is 238 g/mol. The molecule has 19 heavy (non-hydrogen) atoms. The van der Waals surface area contributed by atoms with Gasteiger partial charge in [-0.05, 0) is 49.4 Å². The summed E-state index contributed by atoms with van der Waals surface area (Å²) in [5.41, 5.74) is 8.95. The standard InChI is InChI=1S/C14H19N5/c15-12-2-5-14(6-3-12)19-8-7-11(10-19)1-4-13-9-16-18-17-13/h2-3,5-6,9,11H,1,4,7-8,10,15H2,(H,16,17,18). The van der Waals surface area contributed by atoms with Gasteiger partial charge in [-0.25, -0.2) is 0 Å². The molecule has 3 N–H and O–H groups in total. The number of aryl methyl sites for hydroxylation is 1. The van der Waals surface area contributed by atoms with Gasteiger partial charge in [-0.2, -0.15) is 0 Å². The number of nitrogens with one attached hydrogen (secondary N) is 1. The minimum absolute atomic E-state index is 0.751. The van der Waals surface area contributed by atoms with Crippen molar-refractivity contribution in [1.29, 1.82) is 0 Å². The zero-order valence-electron chi connectivity index (χ0n) is 10.9. The molecule has 1 aliphatic heterocycles. The maximum absolute atomic E-state index is 5.72. The van der Waals surface area contributed by atoms with E-state index in [0.29, 0.717) is 0 Å². The molecule has 1 unspecified atom stereocenters. The van der Waals surface area contributed by atoms with E-state index in [2.05, 4.69) is 32.4 Å². The van der Waals surface area contributed by atoms with Crippen LogP contribution in [0.15, 0.2) is 30.5 Å². The van der Waals surface area contributed by atoms with Crippen molar-refractivity contribution in [2.75, 3.05) is 23.7 Å². The summed E-state index contributed by atoms with van der Waals surface area (Å²) in [6.45, 7) is 2.27. The molecule has 1 fully saturated rings. The Kier molecular flexibility index (Phi) is 3.35. The molecule has 1 aliphatic rings. The summed E-state index contributed by atoms with van der Waals surface area (Å²) < 4.78 is 0. The lowest BCUT2D eigenvalue weighted by atomic mass is 10.0. The summed E-state index contributed by atoms with van der Waals surface area (Å²) >= 11 is 0. The molecule has 0 amide bonds. The first-order chi connectivity index (χ1) is 9.31. The molecule has 2 heterocycles. The second-order valence-electron chi connectivity index (χ2n) is 5.21. The Balaban J connectivity index is 1.53. The van der Waals surface area contributed by atoms with Gasteiger partial charge in [0.2, 0.25) is 0 Å². The van der Waals surface area contributed by atoms with E-state index in [4.69, 9.17) is 5.73 Å². The van der Waals surface area contributed by atoms with Crippen LogP contribution in [0, 0.1) is 5.92 Å². The molecule has 1 aromatic carbocycles. The Morgan fingerprint density at radius 3 is 2.89 bits per heavy atom. The summed E-state index contributed by atoms with van der Waals surface area (Å²) in [4.78, 5) is 2.44. The molecule has 3 rings (SSSR count). The fourth-order valence-electron chi connectivity index (χ4n) is 2.69. The van der Waals surface area contributed by atoms with Crippen LogP contribution in [0.1, 0.15) is 18.5 Å². The molecule has 0 bridgehead atoms. The van der Waals surface area contributed by atoms with Crippen LogP contribution in [0.2, 0.25) is 0 Å². The van der Waals surface area contributed by atoms with Gasteiger partial charge >= 0.3 is 0 Å². The number of anilines is 2. The van der Waals surface area contributed by atoms with E-state index in [1.54, 1.807) is 0 Å². The minimum atomic E-state index is 0.751. The van der Waals surface area contributed by atoms with E-state index in [-0.39, 0.29) is 0 Å². The summed E-state index contributed by atoms with van der Waals surface area (Å²) in [5, 5.41) is 10.5. The summed E-state index contributed by atoms with van der Waals surface area (Å²) in [6, 6.07) is 8.16. The Bertz CT molecular complexity index is 505. The molecule has 0 radical (unpaired) electrons. The Morgan fingerprint density at radius 2 is 2.16 bits per heavy atom. The van der Waals surface area contributed by atoms with Gasteiger partial charge in [0.15, 0.2) is 0 Å². The summed E-state index contributed by atoms with van der Waals surface area (Å²) in [7, 11) is 0. The second-order valence-corrected chi connectivity index (χ2v) is 5.21. The molecule has 100 valence electrons. The van der Waals surface area contributed by atoms with Crippen LogP contribution in [0.3, 0.4) is 0 Å². The van der Waals surface area contributed by atoms with Crippen molar-refractivity contribution in [3.63, 3.8) is 0 Å². The molecule has 1 saturated heterocycles. The van der Waals surface area contributed by atoms with E-state index in [0.717, 1.165) is 36.8 Å². The van der Waals surface area contributed by atoms with Crippen molar-refractivity contribution in [2.24, 2.45) is 5.92 Å². The number of hydrogen-bond acceptors (Lipinski definition) is 4. The van der Waals surface area contributed by atoms with Crippen LogP contribution in [-0.2, 0) is 6.42 Å². The molecular formula is C14H19N5. The van der Waals surface area contributed by atoms with Crippen LogP contribution in [0.25, 0.3) is 0 Å². The highest BCUT2D eigenvalue weighted by Crippen LogP contribution is 2.26. The van der Waals surface area contributed by atoms with Crippen molar-refractivity contribution in [3.8, 4) is 0 Å². The van der Waals surface area contributed by atoms with Crippen LogP contribution in [-0.4, -0.2) is 28.5 Å². The number of aromatic nitrogens is 3. The predicted molar refractivity (Wildman–Crippen MR) is 75.9 cm³/mol. The van der Waals surface area contributed by atoms with Crippen molar-refractivity contribution >= 4 is 11.4 Å². The number of aromatic amines is 1. The number of nitrogen functional groups attached to an aromatic ring is 1. The molecule has 0 saturated carbocycles. The van der Waals surface area contributed by atoms with Crippen molar-refractivity contribution in [3.05, 3.63) is 36.2 Å². The SMILES string of the molecule is Nc1ccc(N2CCC(CCc3cnn[nH]3)C2)cc1. The molecule has 2 aromatic rings. The van der Waals surface area contributed by atoms with Crippen LogP contribution in [0.4, 0.5) is 11.4 Å². The minimum Gasteiger partial charge on any atom is -0.399 e. The largest absolute Gasteiger partial charge is 0.399 e. The highest BCUT2D eigenvalue weighted by Gasteiger charge is 2.22. The first-order valence-electron chi connectivity index (χ1n) is 6.76. The normalized spacial score (nSPS) is 18.9. The Hall–Kier alpha value is -2.04. The van der Waals surface area contributed by atoms with Crippen molar-refractivity contribution < 1.29 is 0 Å². The Labute approximate surface area is 112 Å². The number of H-pyrrole nitrogens is 1. The summed E-state index contributed by atoms with van der Waals surface area (Å²) in [5.74, 6) is 0.751. The van der Waals surface area contributed by atoms with E-state index in [1.807, 2.05) is 18.3 Å². The maximum atomic E-state index is 5.72. The molecule has 0 aliphatic carbocycles. The molecule has 0 spiro atoms. The zero-order valence-corrected chi connectivity index (χ0v) is 10.9. The molecule has 1 aromatic heterocycles. The van der Waals surface area contributed by atoms with Crippen LogP contribution < -0.4 is 10.6 Å². The zero-order chi connectivity index (χ0) is 13.1. The topological polar surface area (TPSA) is 70.8 Å². The molecule has 5 heteroatoms. The van der Waals surface area contributed by atoms with E-state index < -0.39 is 0 Å². The lowest BCUT2D eigenvalue weighted by Gasteiger charge is -2.18. The number of benzene rings is 1. The first-order valence-corrected chi connectivity index (χ1v) is 6.76. The average Bonchev–Trinajstić information content (AvgIpc) is 3.09. The summed E-state index contributed by atoms with van der Waals surface area (Å²) in [6.07, 6.45) is 5.29. The van der Waals surface area contributed by atoms with Gasteiger partial charge in [0.1, 0.15) is 0 Å². The van der Waals surface area contributed by atoms with E-state index >= 15 is 0 Å². The van der Waals surface area contributed by atoms with E-state index in [9.17, 15) is 0 Å². The number of rotatable bonds is 4. The first kappa shape index (κ1) is 12.0. The predicted octanol–water partition coefficient (Wildman–Crippen LogP) is 1.85. The third-order valence-corrected chi connectivity index (χ3v) is 3.83. The van der Waals surface area contributed by atoms with Gasteiger partial charge in [0.25, 0.3) is 0 Å². The third-order valence-electron chi connectivity index (χ3n) is 3.83. The maximum Gasteiger partial charge on any atom is 0.0722 e. The number of nitrogens with zero attached hydrogens (tertiary/aromatic N) is 3. The quantitative estimate of drug-likeness (QED) is 0.820. The van der Waals surface area contributed by atoms with Gasteiger partial charge in [0.05, 0.1) is 11.9 Å². The molecule has 5 nitrogen and oxygen atoms in total. The van der Waals surface area contributed by atoms with Gasteiger partial charge in [-0.3, -0.25) is 5.10 Å². The van der Waals surface area contributed by atoms with Gasteiger partial charge in [-0.1, -0.05) is 5.21 Å². The number of nitrogens with two attached hydrogens (primary N) is 1. The lowest BCUT2D eigenvalue weighted by Crippen LogP contribution is -2.19. The van der Waals surface area contributed by atoms with E-state index in [1.165, 1.54) is 18.5 Å². The molecule has 1 atom stereocenters.